The van der Waals surface area contributed by atoms with Gasteiger partial charge in [0.05, 0.1) is 36.1 Å². The van der Waals surface area contributed by atoms with Gasteiger partial charge in [0.2, 0.25) is 0 Å². The molecule has 0 spiro atoms. The van der Waals surface area contributed by atoms with Gasteiger partial charge in [-0.15, -0.1) is 0 Å². The summed E-state index contributed by atoms with van der Waals surface area (Å²) in [6, 6.07) is 18.9. The molecule has 1 saturated heterocycles. The maximum Gasteiger partial charge on any atom is 0.301 e. The number of aliphatic hydroxyl groups is 1. The molecule has 1 unspecified atom stereocenters. The van der Waals surface area contributed by atoms with Crippen LogP contribution in [0.4, 0.5) is 5.13 Å². The number of anilines is 1. The standard InChI is InChI=1S/C27H22N2O5S/c1-15-13-17(9-12-20(15)34-3)24(30)22-23(16-7-5-4-6-8-16)29(26(32)25(22)31)27-28-19-11-10-18(33-2)14-21(19)35-27/h4-14,23,30H,1-3H3. The van der Waals surface area contributed by atoms with E-state index in [2.05, 4.69) is 4.98 Å². The lowest BCUT2D eigenvalue weighted by Crippen LogP contribution is -2.29. The molecular weight excluding hydrogens is 464 g/mol. The van der Waals surface area contributed by atoms with E-state index in [0.29, 0.717) is 33.3 Å². The fourth-order valence-electron chi connectivity index (χ4n) is 4.28. The second kappa shape index (κ2) is 8.88. The molecule has 0 saturated carbocycles. The van der Waals surface area contributed by atoms with E-state index in [1.54, 1.807) is 38.5 Å². The number of benzene rings is 3. The largest absolute Gasteiger partial charge is 0.507 e. The van der Waals surface area contributed by atoms with Gasteiger partial charge in [-0.2, -0.15) is 0 Å². The van der Waals surface area contributed by atoms with Gasteiger partial charge in [-0.3, -0.25) is 14.5 Å². The Morgan fingerprint density at radius 1 is 1.00 bits per heavy atom. The van der Waals surface area contributed by atoms with Crippen molar-refractivity contribution in [3.05, 3.63) is 89.0 Å². The van der Waals surface area contributed by atoms with E-state index in [9.17, 15) is 14.7 Å². The van der Waals surface area contributed by atoms with Gasteiger partial charge in [0.25, 0.3) is 5.78 Å². The number of aliphatic hydroxyl groups excluding tert-OH is 1. The lowest BCUT2D eigenvalue weighted by Gasteiger charge is -2.23. The fourth-order valence-corrected chi connectivity index (χ4v) is 5.31. The van der Waals surface area contributed by atoms with E-state index in [-0.39, 0.29) is 11.3 Å². The van der Waals surface area contributed by atoms with Crippen LogP contribution in [0.15, 0.2) is 72.3 Å². The molecule has 3 aromatic carbocycles. The van der Waals surface area contributed by atoms with Crippen LogP contribution in [0, 0.1) is 6.92 Å². The van der Waals surface area contributed by atoms with E-state index in [1.807, 2.05) is 49.4 Å². The summed E-state index contributed by atoms with van der Waals surface area (Å²) >= 11 is 1.29. The first kappa shape index (κ1) is 22.6. The lowest BCUT2D eigenvalue weighted by atomic mass is 9.95. The average molecular weight is 487 g/mol. The highest BCUT2D eigenvalue weighted by molar-refractivity contribution is 7.22. The second-order valence-electron chi connectivity index (χ2n) is 8.09. The number of ketones is 1. The van der Waals surface area contributed by atoms with Crippen LogP contribution < -0.4 is 14.4 Å². The molecule has 1 atom stereocenters. The molecule has 4 aromatic rings. The summed E-state index contributed by atoms with van der Waals surface area (Å²) in [6.07, 6.45) is 0. The minimum atomic E-state index is -0.832. The molecule has 35 heavy (non-hydrogen) atoms. The monoisotopic (exact) mass is 486 g/mol. The number of aromatic nitrogens is 1. The van der Waals surface area contributed by atoms with Gasteiger partial charge >= 0.3 is 5.91 Å². The molecule has 5 rings (SSSR count). The predicted octanol–water partition coefficient (Wildman–Crippen LogP) is 5.25. The van der Waals surface area contributed by atoms with Crippen molar-refractivity contribution in [2.24, 2.45) is 0 Å². The molecule has 1 aliphatic rings. The molecule has 1 fully saturated rings. The number of hydrogen-bond donors (Lipinski definition) is 1. The topological polar surface area (TPSA) is 89.0 Å². The van der Waals surface area contributed by atoms with Gasteiger partial charge in [0.1, 0.15) is 17.3 Å². The number of methoxy groups -OCH3 is 2. The number of ether oxygens (including phenoxy) is 2. The van der Waals surface area contributed by atoms with Crippen molar-refractivity contribution in [1.82, 2.24) is 4.98 Å². The van der Waals surface area contributed by atoms with Gasteiger partial charge in [-0.25, -0.2) is 4.98 Å². The normalized spacial score (nSPS) is 17.2. The highest BCUT2D eigenvalue weighted by atomic mass is 32.1. The summed E-state index contributed by atoms with van der Waals surface area (Å²) in [5.41, 5.74) is 2.61. The zero-order valence-electron chi connectivity index (χ0n) is 19.3. The number of Topliss-reactive ketones (excluding diaryl/α,β-unsaturated/α-hetero) is 1. The summed E-state index contributed by atoms with van der Waals surface area (Å²) in [5, 5.41) is 11.7. The van der Waals surface area contributed by atoms with Crippen LogP contribution in [0.5, 0.6) is 11.5 Å². The van der Waals surface area contributed by atoms with Crippen molar-refractivity contribution in [2.45, 2.75) is 13.0 Å². The van der Waals surface area contributed by atoms with E-state index in [0.717, 1.165) is 10.3 Å². The third kappa shape index (κ3) is 3.81. The number of amides is 1. The smallest absolute Gasteiger partial charge is 0.301 e. The van der Waals surface area contributed by atoms with E-state index in [4.69, 9.17) is 9.47 Å². The van der Waals surface area contributed by atoms with Crippen molar-refractivity contribution >= 4 is 44.1 Å². The van der Waals surface area contributed by atoms with Crippen molar-refractivity contribution in [1.29, 1.82) is 0 Å². The van der Waals surface area contributed by atoms with Gasteiger partial charge < -0.3 is 14.6 Å². The van der Waals surface area contributed by atoms with Gasteiger partial charge in [-0.05, 0) is 54.4 Å². The Bertz CT molecular complexity index is 1490. The Balaban J connectivity index is 1.70. The van der Waals surface area contributed by atoms with Crippen LogP contribution >= 0.6 is 11.3 Å². The molecule has 0 aliphatic carbocycles. The van der Waals surface area contributed by atoms with Crippen LogP contribution in [-0.4, -0.2) is 36.0 Å². The number of aryl methyl sites for hydroxylation is 1. The van der Waals surface area contributed by atoms with Crippen LogP contribution in [0.1, 0.15) is 22.7 Å². The average Bonchev–Trinajstić information content (AvgIpc) is 3.41. The highest BCUT2D eigenvalue weighted by Crippen LogP contribution is 2.44. The molecule has 8 heteroatoms. The first-order valence-corrected chi connectivity index (χ1v) is 11.7. The Hall–Kier alpha value is -4.17. The molecule has 2 heterocycles. The van der Waals surface area contributed by atoms with E-state index in [1.165, 1.54) is 16.2 Å². The van der Waals surface area contributed by atoms with Gasteiger partial charge in [0.15, 0.2) is 5.13 Å². The molecule has 1 aliphatic heterocycles. The van der Waals surface area contributed by atoms with Crippen molar-refractivity contribution in [2.75, 3.05) is 19.1 Å². The molecule has 1 aromatic heterocycles. The van der Waals surface area contributed by atoms with E-state index < -0.39 is 17.7 Å². The zero-order valence-corrected chi connectivity index (χ0v) is 20.1. The van der Waals surface area contributed by atoms with Crippen LogP contribution in [0.3, 0.4) is 0 Å². The predicted molar refractivity (Wildman–Crippen MR) is 135 cm³/mol. The third-order valence-corrected chi connectivity index (χ3v) is 7.04. The molecule has 176 valence electrons. The summed E-state index contributed by atoms with van der Waals surface area (Å²) in [4.78, 5) is 32.7. The minimum absolute atomic E-state index is 0.0163. The fraction of sp³-hybridized carbons (Fsp3) is 0.148. The number of carbonyl (C=O) groups excluding carboxylic acids is 2. The number of carbonyl (C=O) groups is 2. The third-order valence-electron chi connectivity index (χ3n) is 6.02. The minimum Gasteiger partial charge on any atom is -0.507 e. The van der Waals surface area contributed by atoms with E-state index >= 15 is 0 Å². The second-order valence-corrected chi connectivity index (χ2v) is 9.10. The highest BCUT2D eigenvalue weighted by Gasteiger charge is 2.48. The molecule has 1 amide bonds. The van der Waals surface area contributed by atoms with Crippen LogP contribution in [0.25, 0.3) is 16.0 Å². The molecule has 7 nitrogen and oxygen atoms in total. The first-order valence-electron chi connectivity index (χ1n) is 10.9. The summed E-state index contributed by atoms with van der Waals surface area (Å²) < 4.78 is 11.4. The quantitative estimate of drug-likeness (QED) is 0.236. The van der Waals surface area contributed by atoms with Crippen molar-refractivity contribution in [3.63, 3.8) is 0 Å². The Morgan fingerprint density at radius 2 is 1.77 bits per heavy atom. The first-order chi connectivity index (χ1) is 16.9. The number of fused-ring (bicyclic) bond motifs is 1. The summed E-state index contributed by atoms with van der Waals surface area (Å²) in [5.74, 6) is -0.415. The molecule has 0 radical (unpaired) electrons. The summed E-state index contributed by atoms with van der Waals surface area (Å²) in [7, 11) is 3.15. The van der Waals surface area contributed by atoms with Crippen LogP contribution in [-0.2, 0) is 9.59 Å². The zero-order chi connectivity index (χ0) is 24.7. The van der Waals surface area contributed by atoms with Crippen molar-refractivity contribution in [3.8, 4) is 11.5 Å². The number of nitrogens with zero attached hydrogens (tertiary/aromatic N) is 2. The number of rotatable bonds is 5. The van der Waals surface area contributed by atoms with Crippen LogP contribution in [0.2, 0.25) is 0 Å². The van der Waals surface area contributed by atoms with Crippen molar-refractivity contribution < 1.29 is 24.2 Å². The Morgan fingerprint density at radius 3 is 2.46 bits per heavy atom. The Labute approximate surface area is 205 Å². The number of hydrogen-bond acceptors (Lipinski definition) is 7. The maximum atomic E-state index is 13.4. The maximum absolute atomic E-state index is 13.4. The SMILES string of the molecule is COc1ccc2nc(N3C(=O)C(=O)C(=C(O)c4ccc(OC)c(C)c4)C3c3ccccc3)sc2c1. The number of thiazole rings is 1. The Kier molecular flexibility index (Phi) is 5.74. The molecular formula is C27H22N2O5S. The summed E-state index contributed by atoms with van der Waals surface area (Å²) in [6.45, 7) is 1.85. The molecule has 0 bridgehead atoms. The molecule has 1 N–H and O–H groups in total. The van der Waals surface area contributed by atoms with Gasteiger partial charge in [-0.1, -0.05) is 41.7 Å². The lowest BCUT2D eigenvalue weighted by molar-refractivity contribution is -0.132. The van der Waals surface area contributed by atoms with Gasteiger partial charge in [0, 0.05) is 5.56 Å².